The molecule has 4 aromatic carbocycles. The Balaban J connectivity index is 1.08. The Hall–Kier alpha value is -5.47. The van der Waals surface area contributed by atoms with Gasteiger partial charge in [-0.2, -0.15) is 0 Å². The van der Waals surface area contributed by atoms with Gasteiger partial charge < -0.3 is 37.9 Å². The molecule has 1 N–H and O–H groups in total. The van der Waals surface area contributed by atoms with Crippen molar-refractivity contribution in [3.8, 4) is 11.1 Å². The van der Waals surface area contributed by atoms with Crippen molar-refractivity contribution in [1.82, 2.24) is 4.90 Å². The summed E-state index contributed by atoms with van der Waals surface area (Å²) in [6.45, 7) is 5.62. The van der Waals surface area contributed by atoms with E-state index in [1.54, 1.807) is 13.0 Å². The SMILES string of the molecule is CO[C@H]1O[C@H](CO)[C@@H](OCc2ccccc2)[C@H](OCc2ccccc2)[C@@H]1OCCCc1oc(C(=O)[C@@H](C)C(=O)N2C(=O)O[C@@H](c3ccccc3)[C@H]2C)cc1-c1cccc(C)c1. The number of hydrogen-bond acceptors (Lipinski definition) is 11. The number of benzene rings is 4. The van der Waals surface area contributed by atoms with E-state index in [0.717, 1.165) is 32.7 Å². The fraction of sp³-hybridized carbons (Fsp3) is 0.367. The predicted octanol–water partition coefficient (Wildman–Crippen LogP) is 8.03. The molecule has 2 fully saturated rings. The zero-order valence-electron chi connectivity index (χ0n) is 34.9. The highest BCUT2D eigenvalue weighted by Crippen LogP contribution is 2.36. The lowest BCUT2D eigenvalue weighted by Crippen LogP contribution is -2.61. The second kappa shape index (κ2) is 20.4. The number of Topliss-reactive ketones (excluding diaryl/α,β-unsaturated/α-hetero) is 1. The van der Waals surface area contributed by atoms with E-state index in [0.29, 0.717) is 24.2 Å². The van der Waals surface area contributed by atoms with Crippen LogP contribution in [0.3, 0.4) is 0 Å². The summed E-state index contributed by atoms with van der Waals surface area (Å²) in [6, 6.07) is 37.6. The van der Waals surface area contributed by atoms with Crippen molar-refractivity contribution >= 4 is 17.8 Å². The van der Waals surface area contributed by atoms with Gasteiger partial charge in [0, 0.05) is 25.7 Å². The standard InChI is InChI=1S/C49H53NO11/c1-31-16-14-23-37(26-31)38-27-40(42(52)32(2)47(53)50-33(3)43(61-49(50)54)36-21-12-7-13-22-36)59-39(38)24-15-25-56-46-45(58-30-35-19-10-6-11-20-35)44(41(28-51)60-48(46)55-4)57-29-34-17-8-5-9-18-34/h5-14,16-23,26-27,32-33,41,43-46,48,51H,15,24-25,28-30H2,1-4H3/t32-,33-,41-,43-,44-,45+,46+,48+/m1/s1. The predicted molar refractivity (Wildman–Crippen MR) is 225 cm³/mol. The maximum atomic E-state index is 14.0. The van der Waals surface area contributed by atoms with Crippen molar-refractivity contribution in [2.24, 2.45) is 5.92 Å². The molecule has 12 nitrogen and oxygen atoms in total. The number of ether oxygens (including phenoxy) is 6. The molecule has 0 saturated carbocycles. The van der Waals surface area contributed by atoms with E-state index in [4.69, 9.17) is 32.8 Å². The molecule has 320 valence electrons. The molecule has 2 aliphatic heterocycles. The highest BCUT2D eigenvalue weighted by Gasteiger charge is 2.49. The summed E-state index contributed by atoms with van der Waals surface area (Å²) in [5.74, 6) is -1.88. The van der Waals surface area contributed by atoms with E-state index in [2.05, 4.69) is 0 Å². The van der Waals surface area contributed by atoms with E-state index in [1.165, 1.54) is 14.0 Å². The normalized spacial score (nSPS) is 23.1. The Morgan fingerprint density at radius 1 is 0.803 bits per heavy atom. The lowest BCUT2D eigenvalue weighted by molar-refractivity contribution is -0.319. The first-order valence-electron chi connectivity index (χ1n) is 20.7. The number of hydrogen-bond donors (Lipinski definition) is 1. The van der Waals surface area contributed by atoms with Crippen LogP contribution in [0.15, 0.2) is 126 Å². The zero-order chi connectivity index (χ0) is 42.9. The molecule has 7 rings (SSSR count). The first-order valence-corrected chi connectivity index (χ1v) is 20.7. The molecule has 0 aliphatic carbocycles. The molecule has 5 aromatic rings. The summed E-state index contributed by atoms with van der Waals surface area (Å²) in [4.78, 5) is 41.8. The van der Waals surface area contributed by atoms with Gasteiger partial charge in [-0.3, -0.25) is 9.59 Å². The average Bonchev–Trinajstić information content (AvgIpc) is 3.86. The number of rotatable bonds is 18. The molecule has 2 aliphatic rings. The van der Waals surface area contributed by atoms with Gasteiger partial charge in [0.25, 0.3) is 0 Å². The number of nitrogens with zero attached hydrogens (tertiary/aromatic N) is 1. The average molecular weight is 832 g/mol. The van der Waals surface area contributed by atoms with Crippen LogP contribution in [0.4, 0.5) is 4.79 Å². The molecule has 12 heteroatoms. The summed E-state index contributed by atoms with van der Waals surface area (Å²) in [6.07, 6.45) is -4.35. The summed E-state index contributed by atoms with van der Waals surface area (Å²) < 4.78 is 43.4. The molecular weight excluding hydrogens is 779 g/mol. The van der Waals surface area contributed by atoms with Crippen molar-refractivity contribution in [2.75, 3.05) is 20.3 Å². The number of aliphatic hydroxyl groups excluding tert-OH is 1. The number of imide groups is 1. The first kappa shape index (κ1) is 43.6. The lowest BCUT2D eigenvalue weighted by Gasteiger charge is -2.45. The van der Waals surface area contributed by atoms with Gasteiger partial charge in [-0.1, -0.05) is 121 Å². The molecule has 61 heavy (non-hydrogen) atoms. The Bertz CT molecular complexity index is 2210. The van der Waals surface area contributed by atoms with Gasteiger partial charge in [0.2, 0.25) is 11.7 Å². The van der Waals surface area contributed by atoms with Gasteiger partial charge in [-0.05, 0) is 55.5 Å². The monoisotopic (exact) mass is 831 g/mol. The Morgan fingerprint density at radius 3 is 2.07 bits per heavy atom. The number of cyclic esters (lactones) is 1. The van der Waals surface area contributed by atoms with Crippen molar-refractivity contribution in [3.05, 3.63) is 155 Å². The topological polar surface area (TPSA) is 143 Å². The second-order valence-electron chi connectivity index (χ2n) is 15.5. The van der Waals surface area contributed by atoms with Crippen molar-refractivity contribution in [3.63, 3.8) is 0 Å². The summed E-state index contributed by atoms with van der Waals surface area (Å²) >= 11 is 0. The molecule has 1 aromatic heterocycles. The number of carbonyl (C=O) groups excluding carboxylic acids is 3. The molecule has 0 radical (unpaired) electrons. The number of amides is 2. The van der Waals surface area contributed by atoms with Crippen LogP contribution in [-0.4, -0.2) is 84.9 Å². The fourth-order valence-corrected chi connectivity index (χ4v) is 7.94. The number of aryl methyl sites for hydroxylation is 2. The third-order valence-corrected chi connectivity index (χ3v) is 11.2. The fourth-order valence-electron chi connectivity index (χ4n) is 7.94. The highest BCUT2D eigenvalue weighted by molar-refractivity contribution is 6.12. The van der Waals surface area contributed by atoms with Gasteiger partial charge in [-0.15, -0.1) is 0 Å². The van der Waals surface area contributed by atoms with Crippen LogP contribution in [0.25, 0.3) is 11.1 Å². The van der Waals surface area contributed by atoms with Crippen LogP contribution in [0.1, 0.15) is 64.9 Å². The molecular formula is C49H53NO11. The molecule has 0 bridgehead atoms. The van der Waals surface area contributed by atoms with Gasteiger partial charge in [0.05, 0.1) is 25.9 Å². The van der Waals surface area contributed by atoms with Crippen LogP contribution in [0, 0.1) is 12.8 Å². The lowest BCUT2D eigenvalue weighted by atomic mass is 9.97. The Morgan fingerprint density at radius 2 is 1.44 bits per heavy atom. The van der Waals surface area contributed by atoms with E-state index >= 15 is 0 Å². The zero-order valence-corrected chi connectivity index (χ0v) is 34.9. The van der Waals surface area contributed by atoms with E-state index in [9.17, 15) is 19.5 Å². The molecule has 0 unspecified atom stereocenters. The van der Waals surface area contributed by atoms with Crippen molar-refractivity contribution in [2.45, 2.75) is 89.7 Å². The number of aliphatic hydroxyl groups is 1. The van der Waals surface area contributed by atoms with E-state index in [1.807, 2.05) is 122 Å². The molecule has 2 amide bonds. The number of furan rings is 1. The molecule has 0 spiro atoms. The van der Waals surface area contributed by atoms with Crippen LogP contribution in [0.2, 0.25) is 0 Å². The highest BCUT2D eigenvalue weighted by atomic mass is 16.7. The first-order chi connectivity index (χ1) is 29.7. The van der Waals surface area contributed by atoms with E-state index in [-0.39, 0.29) is 32.2 Å². The van der Waals surface area contributed by atoms with Gasteiger partial charge in [0.1, 0.15) is 42.2 Å². The Labute approximate surface area is 356 Å². The van der Waals surface area contributed by atoms with Crippen LogP contribution < -0.4 is 0 Å². The molecule has 8 atom stereocenters. The van der Waals surface area contributed by atoms with Crippen LogP contribution in [0.5, 0.6) is 0 Å². The summed E-state index contributed by atoms with van der Waals surface area (Å²) in [5.41, 5.74) is 5.26. The summed E-state index contributed by atoms with van der Waals surface area (Å²) in [5, 5.41) is 10.4. The van der Waals surface area contributed by atoms with Gasteiger partial charge in [0.15, 0.2) is 12.1 Å². The minimum absolute atomic E-state index is 0.0102. The maximum absolute atomic E-state index is 14.0. The minimum atomic E-state index is -1.22. The number of ketones is 1. The number of methoxy groups -OCH3 is 1. The largest absolute Gasteiger partial charge is 0.457 e. The quantitative estimate of drug-likeness (QED) is 0.0521. The van der Waals surface area contributed by atoms with E-state index < -0.39 is 66.6 Å². The third kappa shape index (κ3) is 10.2. The molecule has 2 saturated heterocycles. The third-order valence-electron chi connectivity index (χ3n) is 11.2. The van der Waals surface area contributed by atoms with Crippen molar-refractivity contribution < 1.29 is 52.3 Å². The van der Waals surface area contributed by atoms with Crippen molar-refractivity contribution in [1.29, 1.82) is 0 Å². The van der Waals surface area contributed by atoms with Gasteiger partial charge in [-0.25, -0.2) is 9.69 Å². The van der Waals surface area contributed by atoms with Gasteiger partial charge >= 0.3 is 6.09 Å². The Kier molecular flexibility index (Phi) is 14.6. The minimum Gasteiger partial charge on any atom is -0.457 e. The maximum Gasteiger partial charge on any atom is 0.417 e. The van der Waals surface area contributed by atoms with Crippen LogP contribution >= 0.6 is 0 Å². The smallest absolute Gasteiger partial charge is 0.417 e. The van der Waals surface area contributed by atoms with Crippen LogP contribution in [-0.2, 0) is 52.9 Å². The summed E-state index contributed by atoms with van der Waals surface area (Å²) in [7, 11) is 1.52. The number of carbonyl (C=O) groups is 3. The second-order valence-corrected chi connectivity index (χ2v) is 15.5. The molecule has 3 heterocycles.